The molecule has 1 aromatic carbocycles. The number of hydrogen-bond acceptors (Lipinski definition) is 9. The number of nitrogens with zero attached hydrogens (tertiary/aromatic N) is 3. The van der Waals surface area contributed by atoms with E-state index in [2.05, 4.69) is 15.3 Å². The zero-order chi connectivity index (χ0) is 29.2. The maximum absolute atomic E-state index is 13.6. The molecule has 6 rings (SSSR count). The average molecular weight is 571 g/mol. The Morgan fingerprint density at radius 3 is 2.50 bits per heavy atom. The number of methoxy groups -OCH3 is 2. The Hall–Kier alpha value is -4.77. The summed E-state index contributed by atoms with van der Waals surface area (Å²) in [5, 5.41) is 3.42. The van der Waals surface area contributed by atoms with Crippen LogP contribution >= 0.6 is 0 Å². The highest BCUT2D eigenvalue weighted by atomic mass is 16.5. The molecule has 0 saturated carbocycles. The first-order chi connectivity index (χ1) is 20.5. The fourth-order valence-corrected chi connectivity index (χ4v) is 5.57. The normalized spacial score (nSPS) is 15.2. The standard InChI is InChI=1S/C31H30N4O7/c1-39-27-15-20-23(16-28(27)40-2)32-11-8-26(20)42-19-6-7-29(33-17-19)34-30(37)22-14-21-24(4-3-5-25(21)36)35(31(22)38)18-9-12-41-13-10-18/h6-8,11,14-18H,3-5,9-10,12-13H2,1-2H3,(H,33,34,37). The topological polar surface area (TPSA) is 131 Å². The number of aromatic nitrogens is 3. The molecule has 0 radical (unpaired) electrons. The maximum Gasteiger partial charge on any atom is 0.263 e. The van der Waals surface area contributed by atoms with Gasteiger partial charge in [-0.25, -0.2) is 4.98 Å². The number of fused-ring (bicyclic) bond motifs is 2. The lowest BCUT2D eigenvalue weighted by Gasteiger charge is -2.30. The molecule has 42 heavy (non-hydrogen) atoms. The van der Waals surface area contributed by atoms with Crippen LogP contribution in [0, 0.1) is 0 Å². The highest BCUT2D eigenvalue weighted by Gasteiger charge is 2.29. The van der Waals surface area contributed by atoms with Crippen molar-refractivity contribution in [3.63, 3.8) is 0 Å². The molecule has 1 aliphatic carbocycles. The van der Waals surface area contributed by atoms with Crippen LogP contribution < -0.4 is 25.1 Å². The molecule has 11 nitrogen and oxygen atoms in total. The zero-order valence-corrected chi connectivity index (χ0v) is 23.3. The number of Topliss-reactive ketones (excluding diaryl/α,β-unsaturated/α-hetero) is 1. The van der Waals surface area contributed by atoms with Crippen molar-refractivity contribution in [2.45, 2.75) is 38.1 Å². The van der Waals surface area contributed by atoms with E-state index in [0.29, 0.717) is 79.4 Å². The van der Waals surface area contributed by atoms with Crippen LogP contribution in [-0.4, -0.2) is 53.7 Å². The molecule has 2 aliphatic rings. The lowest BCUT2D eigenvalue weighted by molar-refractivity contribution is 0.0674. The Kier molecular flexibility index (Phi) is 7.58. The second kappa shape index (κ2) is 11.6. The number of rotatable bonds is 7. The fraction of sp³-hybridized carbons (Fsp3) is 0.323. The van der Waals surface area contributed by atoms with Crippen molar-refractivity contribution in [3.8, 4) is 23.0 Å². The summed E-state index contributed by atoms with van der Waals surface area (Å²) in [4.78, 5) is 48.4. The third-order valence-corrected chi connectivity index (χ3v) is 7.67. The molecule has 4 aromatic rings. The Labute approximate surface area is 241 Å². The number of hydrogen-bond donors (Lipinski definition) is 1. The monoisotopic (exact) mass is 570 g/mol. The van der Waals surface area contributed by atoms with Crippen LogP contribution in [0.25, 0.3) is 10.9 Å². The van der Waals surface area contributed by atoms with Crippen LogP contribution in [0.15, 0.2) is 53.6 Å². The van der Waals surface area contributed by atoms with Crippen LogP contribution in [0.4, 0.5) is 5.82 Å². The van der Waals surface area contributed by atoms with Crippen molar-refractivity contribution in [1.29, 1.82) is 0 Å². The van der Waals surface area contributed by atoms with Crippen molar-refractivity contribution in [2.24, 2.45) is 0 Å². The smallest absolute Gasteiger partial charge is 0.263 e. The van der Waals surface area contributed by atoms with E-state index < -0.39 is 11.5 Å². The van der Waals surface area contributed by atoms with Gasteiger partial charge in [-0.1, -0.05) is 0 Å². The van der Waals surface area contributed by atoms with E-state index in [1.54, 1.807) is 55.3 Å². The molecule has 0 unspecified atom stereocenters. The first kappa shape index (κ1) is 27.4. The molecule has 4 heterocycles. The molecule has 3 aromatic heterocycles. The van der Waals surface area contributed by atoms with Crippen molar-refractivity contribution in [1.82, 2.24) is 14.5 Å². The fourth-order valence-electron chi connectivity index (χ4n) is 5.57. The summed E-state index contributed by atoms with van der Waals surface area (Å²) < 4.78 is 24.0. The third kappa shape index (κ3) is 5.18. The molecule has 0 spiro atoms. The number of benzene rings is 1. The second-order valence-electron chi connectivity index (χ2n) is 10.2. The molecule has 1 amide bonds. The SMILES string of the molecule is COc1cc2nccc(Oc3ccc(NC(=O)c4cc5c(n(C6CCOCC6)c4=O)CCCC5=O)nc3)c2cc1OC. The number of ether oxygens (including phenoxy) is 4. The van der Waals surface area contributed by atoms with Gasteiger partial charge in [0, 0.05) is 54.6 Å². The molecule has 1 saturated heterocycles. The van der Waals surface area contributed by atoms with Gasteiger partial charge in [0.1, 0.15) is 22.9 Å². The highest BCUT2D eigenvalue weighted by molar-refractivity contribution is 6.06. The van der Waals surface area contributed by atoms with E-state index in [0.717, 1.165) is 11.1 Å². The van der Waals surface area contributed by atoms with Gasteiger partial charge in [-0.3, -0.25) is 19.4 Å². The van der Waals surface area contributed by atoms with Gasteiger partial charge in [0.15, 0.2) is 17.3 Å². The largest absolute Gasteiger partial charge is 0.493 e. The molecular weight excluding hydrogens is 540 g/mol. The summed E-state index contributed by atoms with van der Waals surface area (Å²) >= 11 is 0. The maximum atomic E-state index is 13.6. The van der Waals surface area contributed by atoms with Crippen LogP contribution in [0.3, 0.4) is 0 Å². The van der Waals surface area contributed by atoms with Crippen molar-refractivity contribution >= 4 is 28.4 Å². The Morgan fingerprint density at radius 1 is 0.976 bits per heavy atom. The van der Waals surface area contributed by atoms with Crippen LogP contribution in [-0.2, 0) is 11.2 Å². The van der Waals surface area contributed by atoms with Crippen LogP contribution in [0.5, 0.6) is 23.0 Å². The van der Waals surface area contributed by atoms with Gasteiger partial charge < -0.3 is 28.8 Å². The average Bonchev–Trinajstić information content (AvgIpc) is 3.01. The van der Waals surface area contributed by atoms with Gasteiger partial charge in [-0.05, 0) is 56.0 Å². The molecule has 11 heteroatoms. The number of nitrogens with one attached hydrogen (secondary N) is 1. The van der Waals surface area contributed by atoms with Gasteiger partial charge in [-0.15, -0.1) is 0 Å². The molecule has 216 valence electrons. The predicted molar refractivity (Wildman–Crippen MR) is 154 cm³/mol. The number of amides is 1. The lowest BCUT2D eigenvalue weighted by atomic mass is 9.91. The Bertz CT molecular complexity index is 1730. The molecular formula is C31H30N4O7. The number of carbonyl (C=O) groups is 2. The minimum atomic E-state index is -0.621. The van der Waals surface area contributed by atoms with E-state index in [9.17, 15) is 14.4 Å². The van der Waals surface area contributed by atoms with E-state index in [4.69, 9.17) is 18.9 Å². The van der Waals surface area contributed by atoms with E-state index in [1.165, 1.54) is 12.3 Å². The predicted octanol–water partition coefficient (Wildman–Crippen LogP) is 4.72. The zero-order valence-electron chi connectivity index (χ0n) is 23.3. The van der Waals surface area contributed by atoms with Gasteiger partial charge >= 0.3 is 0 Å². The number of pyridine rings is 3. The van der Waals surface area contributed by atoms with Crippen LogP contribution in [0.1, 0.15) is 58.1 Å². The minimum Gasteiger partial charge on any atom is -0.493 e. The third-order valence-electron chi connectivity index (χ3n) is 7.67. The Balaban J connectivity index is 1.25. The molecule has 0 atom stereocenters. The van der Waals surface area contributed by atoms with Crippen molar-refractivity contribution < 1.29 is 28.5 Å². The quantitative estimate of drug-likeness (QED) is 0.335. The van der Waals surface area contributed by atoms with Gasteiger partial charge in [-0.2, -0.15) is 0 Å². The number of carbonyl (C=O) groups excluding carboxylic acids is 2. The molecule has 1 aliphatic heterocycles. The van der Waals surface area contributed by atoms with Gasteiger partial charge in [0.05, 0.1) is 25.9 Å². The minimum absolute atomic E-state index is 0.0505. The van der Waals surface area contributed by atoms with Crippen molar-refractivity contribution in [3.05, 3.63) is 76.0 Å². The molecule has 1 N–H and O–H groups in total. The van der Waals surface area contributed by atoms with Crippen LogP contribution in [0.2, 0.25) is 0 Å². The molecule has 0 bridgehead atoms. The van der Waals surface area contributed by atoms with E-state index in [-0.39, 0.29) is 23.2 Å². The summed E-state index contributed by atoms with van der Waals surface area (Å²) in [5.41, 5.74) is 1.36. The second-order valence-corrected chi connectivity index (χ2v) is 10.2. The van der Waals surface area contributed by atoms with E-state index >= 15 is 0 Å². The van der Waals surface area contributed by atoms with Crippen molar-refractivity contribution in [2.75, 3.05) is 32.8 Å². The lowest BCUT2D eigenvalue weighted by Crippen LogP contribution is -2.38. The summed E-state index contributed by atoms with van der Waals surface area (Å²) in [5.74, 6) is 1.62. The van der Waals surface area contributed by atoms with E-state index in [1.807, 2.05) is 0 Å². The highest BCUT2D eigenvalue weighted by Crippen LogP contribution is 2.37. The molecule has 1 fully saturated rings. The first-order valence-corrected chi connectivity index (χ1v) is 13.8. The first-order valence-electron chi connectivity index (χ1n) is 13.8. The summed E-state index contributed by atoms with van der Waals surface area (Å²) in [6.45, 7) is 1.07. The Morgan fingerprint density at radius 2 is 1.76 bits per heavy atom. The number of anilines is 1. The van der Waals surface area contributed by atoms with Gasteiger partial charge in [0.25, 0.3) is 11.5 Å². The summed E-state index contributed by atoms with van der Waals surface area (Å²) in [7, 11) is 3.11. The summed E-state index contributed by atoms with van der Waals surface area (Å²) in [6, 6.07) is 9.85. The summed E-state index contributed by atoms with van der Waals surface area (Å²) in [6.07, 6.45) is 6.13. The van der Waals surface area contributed by atoms with Gasteiger partial charge in [0.2, 0.25) is 0 Å². The number of ketones is 1.